The molecule has 0 saturated carbocycles. The van der Waals surface area contributed by atoms with Crippen molar-refractivity contribution in [2.45, 2.75) is 38.3 Å². The van der Waals surface area contributed by atoms with Crippen molar-refractivity contribution in [2.75, 3.05) is 33.7 Å². The SMILES string of the molecule is CN(C)[C@@H]1CCN(Cc2ccccc2Cl)C[C@@H]1CCC(=O)NCCc1ccccc1. The van der Waals surface area contributed by atoms with Gasteiger partial charge in [0.25, 0.3) is 0 Å². The Morgan fingerprint density at radius 3 is 2.60 bits per heavy atom. The third-order valence-corrected chi connectivity index (χ3v) is 6.48. The number of nitrogens with zero attached hydrogens (tertiary/aromatic N) is 2. The Morgan fingerprint density at radius 2 is 1.87 bits per heavy atom. The minimum atomic E-state index is 0.159. The molecule has 1 fully saturated rings. The van der Waals surface area contributed by atoms with Crippen molar-refractivity contribution in [3.8, 4) is 0 Å². The van der Waals surface area contributed by atoms with Crippen LogP contribution in [0.25, 0.3) is 0 Å². The number of piperidine rings is 1. The Kier molecular flexibility index (Phi) is 8.74. The lowest BCUT2D eigenvalue weighted by Gasteiger charge is -2.41. The van der Waals surface area contributed by atoms with Gasteiger partial charge in [-0.1, -0.05) is 60.1 Å². The topological polar surface area (TPSA) is 35.6 Å². The van der Waals surface area contributed by atoms with Crippen LogP contribution in [-0.2, 0) is 17.8 Å². The minimum Gasteiger partial charge on any atom is -0.356 e. The van der Waals surface area contributed by atoms with E-state index in [1.165, 1.54) is 11.1 Å². The van der Waals surface area contributed by atoms with E-state index >= 15 is 0 Å². The number of halogens is 1. The first-order valence-electron chi connectivity index (χ1n) is 11.0. The zero-order chi connectivity index (χ0) is 21.3. The normalized spacial score (nSPS) is 19.7. The zero-order valence-electron chi connectivity index (χ0n) is 18.2. The Labute approximate surface area is 186 Å². The Hall–Kier alpha value is -1.88. The van der Waals surface area contributed by atoms with Gasteiger partial charge < -0.3 is 10.2 Å². The molecule has 0 aromatic heterocycles. The van der Waals surface area contributed by atoms with Crippen molar-refractivity contribution in [3.63, 3.8) is 0 Å². The van der Waals surface area contributed by atoms with Gasteiger partial charge in [0, 0.05) is 37.1 Å². The van der Waals surface area contributed by atoms with Gasteiger partial charge in [0.15, 0.2) is 0 Å². The fourth-order valence-electron chi connectivity index (χ4n) is 4.47. The number of hydrogen-bond donors (Lipinski definition) is 1. The summed E-state index contributed by atoms with van der Waals surface area (Å²) in [4.78, 5) is 17.2. The average Bonchev–Trinajstić information content (AvgIpc) is 2.74. The number of likely N-dealkylation sites (tertiary alicyclic amines) is 1. The van der Waals surface area contributed by atoms with Crippen molar-refractivity contribution in [2.24, 2.45) is 5.92 Å². The number of carbonyl (C=O) groups excluding carboxylic acids is 1. The number of benzene rings is 2. The smallest absolute Gasteiger partial charge is 0.220 e. The summed E-state index contributed by atoms with van der Waals surface area (Å²) < 4.78 is 0. The molecule has 1 amide bonds. The van der Waals surface area contributed by atoms with Crippen molar-refractivity contribution in [1.82, 2.24) is 15.1 Å². The van der Waals surface area contributed by atoms with Gasteiger partial charge in [0.05, 0.1) is 0 Å². The highest BCUT2D eigenvalue weighted by Crippen LogP contribution is 2.27. The number of nitrogens with one attached hydrogen (secondary N) is 1. The highest BCUT2D eigenvalue weighted by atomic mass is 35.5. The van der Waals surface area contributed by atoms with E-state index < -0.39 is 0 Å². The van der Waals surface area contributed by atoms with Gasteiger partial charge in [-0.15, -0.1) is 0 Å². The summed E-state index contributed by atoms with van der Waals surface area (Å²) in [5.74, 6) is 0.641. The van der Waals surface area contributed by atoms with Gasteiger partial charge in [-0.05, 0) is 63.0 Å². The summed E-state index contributed by atoms with van der Waals surface area (Å²) in [7, 11) is 4.31. The summed E-state index contributed by atoms with van der Waals surface area (Å²) in [5, 5.41) is 3.92. The highest BCUT2D eigenvalue weighted by Gasteiger charge is 2.31. The standard InChI is InChI=1S/C25H34ClN3O/c1-28(2)24-15-17-29(18-21-10-6-7-11-23(21)26)19-22(24)12-13-25(30)27-16-14-20-8-4-3-5-9-20/h3-11,22,24H,12-19H2,1-2H3,(H,27,30)/t22-,24+/m0/s1. The first-order chi connectivity index (χ1) is 14.5. The first-order valence-corrected chi connectivity index (χ1v) is 11.3. The Bertz CT molecular complexity index is 796. The molecular weight excluding hydrogens is 394 g/mol. The van der Waals surface area contributed by atoms with Gasteiger partial charge in [0.2, 0.25) is 5.91 Å². The molecule has 3 rings (SSSR count). The van der Waals surface area contributed by atoms with Gasteiger partial charge in [-0.2, -0.15) is 0 Å². The van der Waals surface area contributed by atoms with E-state index in [-0.39, 0.29) is 5.91 Å². The van der Waals surface area contributed by atoms with Gasteiger partial charge in [-0.25, -0.2) is 0 Å². The fraction of sp³-hybridized carbons (Fsp3) is 0.480. The molecule has 5 heteroatoms. The van der Waals surface area contributed by atoms with Crippen molar-refractivity contribution < 1.29 is 4.79 Å². The van der Waals surface area contributed by atoms with Crippen LogP contribution in [0.4, 0.5) is 0 Å². The van der Waals surface area contributed by atoms with E-state index in [1.54, 1.807) is 0 Å². The van der Waals surface area contributed by atoms with Crippen LogP contribution in [0.2, 0.25) is 5.02 Å². The molecule has 2 aromatic rings. The maximum Gasteiger partial charge on any atom is 0.220 e. The van der Waals surface area contributed by atoms with E-state index in [0.717, 1.165) is 43.9 Å². The molecular formula is C25H34ClN3O. The number of carbonyl (C=O) groups is 1. The molecule has 162 valence electrons. The van der Waals surface area contributed by atoms with Crippen LogP contribution < -0.4 is 5.32 Å². The molecule has 0 aliphatic carbocycles. The van der Waals surface area contributed by atoms with E-state index in [0.29, 0.717) is 24.9 Å². The van der Waals surface area contributed by atoms with Gasteiger partial charge in [-0.3, -0.25) is 9.69 Å². The minimum absolute atomic E-state index is 0.159. The summed E-state index contributed by atoms with van der Waals surface area (Å²) in [6.45, 7) is 3.64. The van der Waals surface area contributed by atoms with E-state index in [9.17, 15) is 4.79 Å². The first kappa shape index (κ1) is 22.8. The number of hydrogen-bond acceptors (Lipinski definition) is 3. The second-order valence-corrected chi connectivity index (χ2v) is 8.94. The van der Waals surface area contributed by atoms with Crippen LogP contribution in [0, 0.1) is 5.92 Å². The molecule has 2 atom stereocenters. The monoisotopic (exact) mass is 427 g/mol. The number of rotatable bonds is 9. The molecule has 0 spiro atoms. The van der Waals surface area contributed by atoms with Crippen molar-refractivity contribution in [1.29, 1.82) is 0 Å². The molecule has 2 aromatic carbocycles. The van der Waals surface area contributed by atoms with Crippen LogP contribution in [0.3, 0.4) is 0 Å². The van der Waals surface area contributed by atoms with E-state index in [2.05, 4.69) is 47.4 Å². The molecule has 0 radical (unpaired) electrons. The van der Waals surface area contributed by atoms with Crippen molar-refractivity contribution >= 4 is 17.5 Å². The average molecular weight is 428 g/mol. The lowest BCUT2D eigenvalue weighted by atomic mass is 9.87. The zero-order valence-corrected chi connectivity index (χ0v) is 18.9. The molecule has 1 aliphatic heterocycles. The molecule has 0 bridgehead atoms. The van der Waals surface area contributed by atoms with Crippen LogP contribution in [0.1, 0.15) is 30.4 Å². The van der Waals surface area contributed by atoms with Gasteiger partial charge in [0.1, 0.15) is 0 Å². The number of amides is 1. The van der Waals surface area contributed by atoms with E-state index in [4.69, 9.17) is 11.6 Å². The van der Waals surface area contributed by atoms with Crippen LogP contribution in [0.5, 0.6) is 0 Å². The summed E-state index contributed by atoms with van der Waals surface area (Å²) in [6.07, 6.45) is 3.50. The molecule has 1 heterocycles. The second-order valence-electron chi connectivity index (χ2n) is 8.53. The van der Waals surface area contributed by atoms with Crippen LogP contribution >= 0.6 is 11.6 Å². The molecule has 1 aliphatic rings. The van der Waals surface area contributed by atoms with E-state index in [1.807, 2.05) is 36.4 Å². The second kappa shape index (κ2) is 11.5. The highest BCUT2D eigenvalue weighted by molar-refractivity contribution is 6.31. The quantitative estimate of drug-likeness (QED) is 0.650. The third-order valence-electron chi connectivity index (χ3n) is 6.11. The van der Waals surface area contributed by atoms with Gasteiger partial charge >= 0.3 is 0 Å². The fourth-order valence-corrected chi connectivity index (χ4v) is 4.66. The Morgan fingerprint density at radius 1 is 1.13 bits per heavy atom. The maximum atomic E-state index is 12.4. The lowest BCUT2D eigenvalue weighted by molar-refractivity contribution is -0.121. The summed E-state index contributed by atoms with van der Waals surface area (Å²) in [6, 6.07) is 18.9. The molecule has 1 saturated heterocycles. The van der Waals surface area contributed by atoms with Crippen LogP contribution in [0.15, 0.2) is 54.6 Å². The van der Waals surface area contributed by atoms with Crippen LogP contribution in [-0.4, -0.2) is 55.5 Å². The third kappa shape index (κ3) is 6.83. The molecule has 30 heavy (non-hydrogen) atoms. The lowest BCUT2D eigenvalue weighted by Crippen LogP contribution is -2.48. The maximum absolute atomic E-state index is 12.4. The summed E-state index contributed by atoms with van der Waals surface area (Å²) in [5.41, 5.74) is 2.44. The Balaban J connectivity index is 1.48. The molecule has 4 nitrogen and oxygen atoms in total. The predicted octanol–water partition coefficient (Wildman–Crippen LogP) is 4.23. The predicted molar refractivity (Wildman–Crippen MR) is 125 cm³/mol. The largest absolute Gasteiger partial charge is 0.356 e. The van der Waals surface area contributed by atoms with Crippen molar-refractivity contribution in [3.05, 3.63) is 70.7 Å². The molecule has 1 N–H and O–H groups in total. The summed E-state index contributed by atoms with van der Waals surface area (Å²) >= 11 is 6.37. The molecule has 0 unspecified atom stereocenters.